The maximum absolute atomic E-state index is 12.7. The summed E-state index contributed by atoms with van der Waals surface area (Å²) in [5.74, 6) is 0. The Bertz CT molecular complexity index is 747. The third-order valence-corrected chi connectivity index (χ3v) is 2.86. The molecule has 0 amide bonds. The fourth-order valence-electron chi connectivity index (χ4n) is 1.58. The molecule has 1 heterocycles. The van der Waals surface area contributed by atoms with Crippen LogP contribution in [0.5, 0.6) is 0 Å². The molecule has 0 N–H and O–H groups in total. The number of non-ortho nitro benzene ring substituents is 1. The highest BCUT2D eigenvalue weighted by atomic mass is 35.5. The fourth-order valence-corrected chi connectivity index (χ4v) is 1.85. The van der Waals surface area contributed by atoms with Crippen LogP contribution in [0.15, 0.2) is 24.3 Å². The molecule has 108 valence electrons. The molecule has 21 heavy (non-hydrogen) atoms. The second kappa shape index (κ2) is 5.06. The SMILES string of the molecule is N#Cc1c(C(F)(F)F)nn(-c2ccc([N+](=O)[O-])cc2)c1Cl. The lowest BCUT2D eigenvalue weighted by molar-refractivity contribution is -0.384. The minimum atomic E-state index is -4.83. The van der Waals surface area contributed by atoms with Crippen molar-refractivity contribution in [1.82, 2.24) is 9.78 Å². The van der Waals surface area contributed by atoms with Gasteiger partial charge in [0, 0.05) is 12.1 Å². The zero-order valence-electron chi connectivity index (χ0n) is 9.93. The van der Waals surface area contributed by atoms with E-state index >= 15 is 0 Å². The Kier molecular flexibility index (Phi) is 3.57. The normalized spacial score (nSPS) is 11.2. The van der Waals surface area contributed by atoms with Crippen molar-refractivity contribution in [3.8, 4) is 11.8 Å². The lowest BCUT2D eigenvalue weighted by atomic mass is 10.2. The molecule has 0 aliphatic rings. The van der Waals surface area contributed by atoms with Crippen molar-refractivity contribution in [2.45, 2.75) is 6.18 Å². The van der Waals surface area contributed by atoms with E-state index in [-0.39, 0.29) is 11.4 Å². The van der Waals surface area contributed by atoms with Crippen LogP contribution in [0.2, 0.25) is 5.15 Å². The van der Waals surface area contributed by atoms with Crippen molar-refractivity contribution in [1.29, 1.82) is 5.26 Å². The Balaban J connectivity index is 2.58. The smallest absolute Gasteiger partial charge is 0.258 e. The van der Waals surface area contributed by atoms with E-state index in [2.05, 4.69) is 5.10 Å². The van der Waals surface area contributed by atoms with Crippen LogP contribution in [0.25, 0.3) is 5.69 Å². The van der Waals surface area contributed by atoms with Crippen LogP contribution < -0.4 is 0 Å². The second-order valence-corrected chi connectivity index (χ2v) is 4.17. The Morgan fingerprint density at radius 3 is 2.29 bits per heavy atom. The van der Waals surface area contributed by atoms with Gasteiger partial charge < -0.3 is 0 Å². The van der Waals surface area contributed by atoms with E-state index in [4.69, 9.17) is 16.9 Å². The molecule has 10 heteroatoms. The summed E-state index contributed by atoms with van der Waals surface area (Å²) in [6, 6.07) is 5.88. The highest BCUT2D eigenvalue weighted by Crippen LogP contribution is 2.35. The first-order valence-corrected chi connectivity index (χ1v) is 5.64. The molecule has 2 aromatic rings. The van der Waals surface area contributed by atoms with Gasteiger partial charge >= 0.3 is 6.18 Å². The van der Waals surface area contributed by atoms with E-state index in [0.717, 1.165) is 12.1 Å². The summed E-state index contributed by atoms with van der Waals surface area (Å²) in [6.45, 7) is 0. The van der Waals surface area contributed by atoms with Gasteiger partial charge in [-0.25, -0.2) is 4.68 Å². The lowest BCUT2D eigenvalue weighted by Gasteiger charge is -2.03. The van der Waals surface area contributed by atoms with Gasteiger partial charge in [0.2, 0.25) is 0 Å². The van der Waals surface area contributed by atoms with E-state index in [0.29, 0.717) is 4.68 Å². The molecule has 0 saturated heterocycles. The summed E-state index contributed by atoms with van der Waals surface area (Å²) in [5.41, 5.74) is -2.38. The first-order valence-electron chi connectivity index (χ1n) is 5.26. The molecule has 0 fully saturated rings. The molecule has 0 aliphatic heterocycles. The molecule has 1 aromatic carbocycles. The molecule has 0 radical (unpaired) electrons. The summed E-state index contributed by atoms with van der Waals surface area (Å²) < 4.78 is 38.9. The zero-order valence-corrected chi connectivity index (χ0v) is 10.7. The quantitative estimate of drug-likeness (QED) is 0.628. The van der Waals surface area contributed by atoms with Crippen LogP contribution in [0, 0.1) is 21.4 Å². The predicted octanol–water partition coefficient (Wildman–Crippen LogP) is 3.32. The van der Waals surface area contributed by atoms with E-state index in [9.17, 15) is 23.3 Å². The molecule has 0 aliphatic carbocycles. The van der Waals surface area contributed by atoms with Gasteiger partial charge in [-0.05, 0) is 12.1 Å². The monoisotopic (exact) mass is 316 g/mol. The van der Waals surface area contributed by atoms with Crippen molar-refractivity contribution in [2.24, 2.45) is 0 Å². The van der Waals surface area contributed by atoms with Crippen LogP contribution in [0.3, 0.4) is 0 Å². The highest BCUT2D eigenvalue weighted by Gasteiger charge is 2.39. The third-order valence-electron chi connectivity index (χ3n) is 2.51. The number of nitriles is 1. The minimum absolute atomic E-state index is 0.0672. The summed E-state index contributed by atoms with van der Waals surface area (Å²) >= 11 is 5.72. The molecule has 1 aromatic heterocycles. The second-order valence-electron chi connectivity index (χ2n) is 3.81. The number of rotatable bonds is 2. The number of nitro groups is 1. The molecular formula is C11H4ClF3N4O2. The van der Waals surface area contributed by atoms with Crippen LogP contribution in [-0.4, -0.2) is 14.7 Å². The Morgan fingerprint density at radius 2 is 1.90 bits per heavy atom. The average molecular weight is 317 g/mol. The van der Waals surface area contributed by atoms with Gasteiger partial charge in [0.25, 0.3) is 5.69 Å². The van der Waals surface area contributed by atoms with Gasteiger partial charge in [-0.3, -0.25) is 10.1 Å². The van der Waals surface area contributed by atoms with Crippen molar-refractivity contribution < 1.29 is 18.1 Å². The molecule has 6 nitrogen and oxygen atoms in total. The first-order chi connectivity index (χ1) is 9.75. The largest absolute Gasteiger partial charge is 0.436 e. The van der Waals surface area contributed by atoms with Crippen LogP contribution >= 0.6 is 11.6 Å². The van der Waals surface area contributed by atoms with Crippen LogP contribution in [-0.2, 0) is 6.18 Å². The molecular weight excluding hydrogens is 313 g/mol. The van der Waals surface area contributed by atoms with Gasteiger partial charge in [0.1, 0.15) is 11.6 Å². The maximum atomic E-state index is 12.7. The van der Waals surface area contributed by atoms with Crippen LogP contribution in [0.1, 0.15) is 11.3 Å². The minimum Gasteiger partial charge on any atom is -0.258 e. The first kappa shape index (κ1) is 14.8. The van der Waals surface area contributed by atoms with Crippen molar-refractivity contribution in [3.05, 3.63) is 50.8 Å². The fraction of sp³-hybridized carbons (Fsp3) is 0.0909. The summed E-state index contributed by atoms with van der Waals surface area (Å²) in [4.78, 5) is 9.86. The number of hydrogen-bond donors (Lipinski definition) is 0. The van der Waals surface area contributed by atoms with Gasteiger partial charge in [-0.2, -0.15) is 23.5 Å². The number of benzene rings is 1. The van der Waals surface area contributed by atoms with Crippen LogP contribution in [0.4, 0.5) is 18.9 Å². The van der Waals surface area contributed by atoms with Gasteiger partial charge in [-0.15, -0.1) is 0 Å². The number of hydrogen-bond acceptors (Lipinski definition) is 4. The standard InChI is InChI=1S/C11H4ClF3N4O2/c12-10-8(5-16)9(11(13,14)15)17-18(10)6-1-3-7(4-2-6)19(20)21/h1-4H. The van der Waals surface area contributed by atoms with Crippen molar-refractivity contribution in [3.63, 3.8) is 0 Å². The molecule has 0 spiro atoms. The number of nitro benzene ring substituents is 1. The molecule has 0 bridgehead atoms. The number of alkyl halides is 3. The molecule has 2 rings (SSSR count). The predicted molar refractivity (Wildman–Crippen MR) is 64.9 cm³/mol. The lowest BCUT2D eigenvalue weighted by Crippen LogP contribution is -2.08. The van der Waals surface area contributed by atoms with Gasteiger partial charge in [0.05, 0.1) is 10.6 Å². The topological polar surface area (TPSA) is 84.8 Å². The summed E-state index contributed by atoms with van der Waals surface area (Å²) in [5, 5.41) is 22.0. The van der Waals surface area contributed by atoms with E-state index < -0.39 is 27.5 Å². The molecule has 0 atom stereocenters. The summed E-state index contributed by atoms with van der Waals surface area (Å²) in [7, 11) is 0. The van der Waals surface area contributed by atoms with Crippen molar-refractivity contribution >= 4 is 17.3 Å². The van der Waals surface area contributed by atoms with E-state index in [1.165, 1.54) is 18.2 Å². The Labute approximate surface area is 120 Å². The average Bonchev–Trinajstić information content (AvgIpc) is 2.75. The Hall–Kier alpha value is -2.60. The molecule has 0 unspecified atom stereocenters. The number of aromatic nitrogens is 2. The van der Waals surface area contributed by atoms with Crippen molar-refractivity contribution in [2.75, 3.05) is 0 Å². The van der Waals surface area contributed by atoms with Gasteiger partial charge in [0.15, 0.2) is 10.8 Å². The maximum Gasteiger partial charge on any atom is 0.436 e. The Morgan fingerprint density at radius 1 is 1.33 bits per heavy atom. The van der Waals surface area contributed by atoms with Gasteiger partial charge in [-0.1, -0.05) is 11.6 Å². The zero-order chi connectivity index (χ0) is 15.8. The molecule has 0 saturated carbocycles. The number of nitrogens with zero attached hydrogens (tertiary/aromatic N) is 4. The third kappa shape index (κ3) is 2.66. The van der Waals surface area contributed by atoms with E-state index in [1.807, 2.05) is 0 Å². The highest BCUT2D eigenvalue weighted by molar-refractivity contribution is 6.31. The number of halogens is 4. The van der Waals surface area contributed by atoms with E-state index in [1.54, 1.807) is 0 Å². The summed E-state index contributed by atoms with van der Waals surface area (Å²) in [6.07, 6.45) is -4.83.